The minimum Gasteiger partial charge on any atom is -0.376 e. The number of amides is 1. The van der Waals surface area contributed by atoms with Crippen LogP contribution in [0.5, 0.6) is 0 Å². The van der Waals surface area contributed by atoms with Gasteiger partial charge in [-0.15, -0.1) is 11.3 Å². The van der Waals surface area contributed by atoms with Crippen LogP contribution in [0.15, 0.2) is 58.5 Å². The highest BCUT2D eigenvalue weighted by Crippen LogP contribution is 2.32. The average Bonchev–Trinajstić information content (AvgIpc) is 3.50. The lowest BCUT2D eigenvalue weighted by Crippen LogP contribution is -2.33. The number of thiophene rings is 1. The molecule has 1 saturated heterocycles. The summed E-state index contributed by atoms with van der Waals surface area (Å²) in [6.45, 7) is 3.67. The first-order chi connectivity index (χ1) is 16.6. The fraction of sp³-hybridized carbons (Fsp3) is 0.346. The molecule has 176 valence electrons. The van der Waals surface area contributed by atoms with Gasteiger partial charge in [-0.3, -0.25) is 14.2 Å². The molecule has 0 aliphatic carbocycles. The van der Waals surface area contributed by atoms with E-state index in [-0.39, 0.29) is 24.0 Å². The van der Waals surface area contributed by atoms with E-state index < -0.39 is 0 Å². The van der Waals surface area contributed by atoms with Crippen molar-refractivity contribution in [2.24, 2.45) is 0 Å². The molecule has 8 heteroatoms. The summed E-state index contributed by atoms with van der Waals surface area (Å²) in [4.78, 5) is 31.0. The second kappa shape index (κ2) is 10.3. The van der Waals surface area contributed by atoms with Crippen LogP contribution in [0.1, 0.15) is 30.4 Å². The lowest BCUT2D eigenvalue weighted by Gasteiger charge is -2.14. The number of aromatic nitrogens is 2. The zero-order valence-electron chi connectivity index (χ0n) is 19.1. The van der Waals surface area contributed by atoms with Crippen LogP contribution in [0.25, 0.3) is 20.3 Å². The van der Waals surface area contributed by atoms with Gasteiger partial charge in [-0.2, -0.15) is 0 Å². The number of nitrogens with one attached hydrogen (secondary N) is 1. The van der Waals surface area contributed by atoms with Gasteiger partial charge in [-0.1, -0.05) is 54.2 Å². The van der Waals surface area contributed by atoms with E-state index in [9.17, 15) is 9.59 Å². The van der Waals surface area contributed by atoms with Crippen molar-refractivity contribution in [1.82, 2.24) is 14.9 Å². The fourth-order valence-electron chi connectivity index (χ4n) is 4.21. The lowest BCUT2D eigenvalue weighted by atomic mass is 10.1. The number of rotatable bonds is 8. The molecular formula is C26H27N3O3S2. The van der Waals surface area contributed by atoms with E-state index in [1.54, 1.807) is 16.3 Å². The summed E-state index contributed by atoms with van der Waals surface area (Å²) in [5.41, 5.74) is 3.08. The molecule has 2 aromatic heterocycles. The molecule has 4 aromatic rings. The van der Waals surface area contributed by atoms with E-state index in [0.717, 1.165) is 35.1 Å². The Labute approximate surface area is 206 Å². The molecule has 0 bridgehead atoms. The zero-order valence-corrected chi connectivity index (χ0v) is 20.7. The minimum absolute atomic E-state index is 0.0753. The van der Waals surface area contributed by atoms with Crippen LogP contribution >= 0.6 is 23.1 Å². The molecule has 1 amide bonds. The van der Waals surface area contributed by atoms with Crippen LogP contribution < -0.4 is 10.9 Å². The van der Waals surface area contributed by atoms with E-state index >= 15 is 0 Å². The zero-order chi connectivity index (χ0) is 23.5. The Kier molecular flexibility index (Phi) is 6.99. The van der Waals surface area contributed by atoms with Gasteiger partial charge in [0.05, 0.1) is 11.6 Å². The molecule has 1 aliphatic heterocycles. The van der Waals surface area contributed by atoms with Gasteiger partial charge in [0.2, 0.25) is 5.91 Å². The van der Waals surface area contributed by atoms with Crippen LogP contribution in [0, 0.1) is 6.92 Å². The van der Waals surface area contributed by atoms with Crippen molar-refractivity contribution in [3.8, 4) is 0 Å². The van der Waals surface area contributed by atoms with Crippen molar-refractivity contribution >= 4 is 49.3 Å². The number of benzene rings is 2. The highest BCUT2D eigenvalue weighted by Gasteiger charge is 2.19. The third kappa shape index (κ3) is 4.89. The highest BCUT2D eigenvalue weighted by atomic mass is 32.2. The quantitative estimate of drug-likeness (QED) is 0.279. The van der Waals surface area contributed by atoms with Gasteiger partial charge in [-0.05, 0) is 37.0 Å². The largest absolute Gasteiger partial charge is 0.376 e. The number of ether oxygens (including phenoxy) is 1. The predicted molar refractivity (Wildman–Crippen MR) is 139 cm³/mol. The molecule has 0 spiro atoms. The van der Waals surface area contributed by atoms with Crippen molar-refractivity contribution in [3.63, 3.8) is 0 Å². The average molecular weight is 494 g/mol. The third-order valence-corrected chi connectivity index (χ3v) is 8.35. The Balaban J connectivity index is 1.42. The fourth-order valence-corrected chi connectivity index (χ4v) is 6.40. The van der Waals surface area contributed by atoms with Gasteiger partial charge in [0, 0.05) is 42.0 Å². The predicted octanol–water partition coefficient (Wildman–Crippen LogP) is 4.90. The summed E-state index contributed by atoms with van der Waals surface area (Å²) < 4.78 is 8.94. The van der Waals surface area contributed by atoms with Gasteiger partial charge in [0.25, 0.3) is 5.56 Å². The number of hydrogen-bond acceptors (Lipinski definition) is 6. The number of thioether (sulfide) groups is 1. The molecule has 0 radical (unpaired) electrons. The molecule has 1 fully saturated rings. The molecule has 5 rings (SSSR count). The van der Waals surface area contributed by atoms with Crippen LogP contribution in [0.3, 0.4) is 0 Å². The number of aryl methyl sites for hydroxylation is 1. The van der Waals surface area contributed by atoms with Crippen molar-refractivity contribution in [3.05, 3.63) is 70.0 Å². The second-order valence-corrected chi connectivity index (χ2v) is 10.5. The topological polar surface area (TPSA) is 73.2 Å². The van der Waals surface area contributed by atoms with E-state index in [1.165, 1.54) is 22.5 Å². The van der Waals surface area contributed by atoms with Gasteiger partial charge in [0.15, 0.2) is 5.16 Å². The van der Waals surface area contributed by atoms with E-state index in [4.69, 9.17) is 9.72 Å². The van der Waals surface area contributed by atoms with Crippen LogP contribution in [0.2, 0.25) is 0 Å². The number of fused-ring (bicyclic) bond motifs is 3. The van der Waals surface area contributed by atoms with Crippen molar-refractivity contribution in [2.75, 3.05) is 13.2 Å². The standard InChI is InChI=1S/C26H27N3O3S2/c1-17-7-2-3-8-18(17)16-33-26-28-23-20-10-4-5-11-21(20)34-24(23)25(31)29(26)13-12-22(30)27-15-19-9-6-14-32-19/h2-5,7-8,10-11,19H,6,9,12-16H2,1H3,(H,27,30)/t19-/m0/s1. The lowest BCUT2D eigenvalue weighted by molar-refractivity contribution is -0.121. The summed E-state index contributed by atoms with van der Waals surface area (Å²) in [6, 6.07) is 16.2. The molecule has 34 heavy (non-hydrogen) atoms. The summed E-state index contributed by atoms with van der Waals surface area (Å²) in [5, 5.41) is 4.60. The second-order valence-electron chi connectivity index (χ2n) is 8.53. The monoisotopic (exact) mass is 493 g/mol. The molecule has 0 saturated carbocycles. The Morgan fingerprint density at radius 2 is 2.06 bits per heavy atom. The summed E-state index contributed by atoms with van der Waals surface area (Å²) in [5.74, 6) is 0.631. The highest BCUT2D eigenvalue weighted by molar-refractivity contribution is 7.98. The first-order valence-electron chi connectivity index (χ1n) is 11.6. The van der Waals surface area contributed by atoms with Gasteiger partial charge >= 0.3 is 0 Å². The number of carbonyl (C=O) groups excluding carboxylic acids is 1. The van der Waals surface area contributed by atoms with E-state index in [1.807, 2.05) is 36.4 Å². The van der Waals surface area contributed by atoms with Crippen LogP contribution in [-0.4, -0.2) is 34.7 Å². The Morgan fingerprint density at radius 3 is 2.88 bits per heavy atom. The Hall–Kier alpha value is -2.68. The van der Waals surface area contributed by atoms with Crippen molar-refractivity contribution in [1.29, 1.82) is 0 Å². The number of nitrogens with zero attached hydrogens (tertiary/aromatic N) is 2. The first-order valence-corrected chi connectivity index (χ1v) is 13.4. The van der Waals surface area contributed by atoms with Gasteiger partial charge in [0.1, 0.15) is 4.70 Å². The van der Waals surface area contributed by atoms with Crippen LogP contribution in [-0.2, 0) is 21.8 Å². The smallest absolute Gasteiger partial charge is 0.272 e. The first kappa shape index (κ1) is 23.1. The molecular weight excluding hydrogens is 466 g/mol. The SMILES string of the molecule is Cc1ccccc1CSc1nc2c(sc3ccccc32)c(=O)n1CCC(=O)NC[C@@H]1CCCO1. The normalized spacial score (nSPS) is 15.9. The maximum absolute atomic E-state index is 13.5. The molecule has 2 aromatic carbocycles. The number of carbonyl (C=O) groups is 1. The maximum Gasteiger partial charge on any atom is 0.272 e. The molecule has 1 aliphatic rings. The molecule has 1 atom stereocenters. The molecule has 6 nitrogen and oxygen atoms in total. The summed E-state index contributed by atoms with van der Waals surface area (Å²) in [7, 11) is 0. The summed E-state index contributed by atoms with van der Waals surface area (Å²) >= 11 is 3.01. The van der Waals surface area contributed by atoms with E-state index in [0.29, 0.717) is 28.7 Å². The Bertz CT molecular complexity index is 1390. The van der Waals surface area contributed by atoms with Crippen LogP contribution in [0.4, 0.5) is 0 Å². The molecule has 3 heterocycles. The van der Waals surface area contributed by atoms with Crippen molar-refractivity contribution < 1.29 is 9.53 Å². The number of hydrogen-bond donors (Lipinski definition) is 1. The van der Waals surface area contributed by atoms with Crippen molar-refractivity contribution in [2.45, 2.75) is 49.7 Å². The summed E-state index contributed by atoms with van der Waals surface area (Å²) in [6.07, 6.45) is 2.34. The van der Waals surface area contributed by atoms with E-state index in [2.05, 4.69) is 24.4 Å². The molecule has 1 N–H and O–H groups in total. The third-order valence-electron chi connectivity index (χ3n) is 6.18. The maximum atomic E-state index is 13.5. The van der Waals surface area contributed by atoms with Gasteiger partial charge < -0.3 is 10.1 Å². The molecule has 0 unspecified atom stereocenters. The Morgan fingerprint density at radius 1 is 1.24 bits per heavy atom. The van der Waals surface area contributed by atoms with Gasteiger partial charge in [-0.25, -0.2) is 4.98 Å². The minimum atomic E-state index is -0.0783.